The molecule has 19 heavy (non-hydrogen) atoms. The number of nitriles is 1. The third kappa shape index (κ3) is 3.11. The van der Waals surface area contributed by atoms with E-state index in [0.29, 0.717) is 24.0 Å². The predicted molar refractivity (Wildman–Crippen MR) is 68.2 cm³/mol. The molecule has 1 amide bonds. The van der Waals surface area contributed by atoms with Gasteiger partial charge in [-0.3, -0.25) is 4.79 Å². The van der Waals surface area contributed by atoms with Gasteiger partial charge in [0.05, 0.1) is 17.7 Å². The molecular weight excluding hydrogens is 244 g/mol. The summed E-state index contributed by atoms with van der Waals surface area (Å²) in [6.45, 7) is -0.0651. The number of aliphatic hydroxyl groups excluding tert-OH is 2. The van der Waals surface area contributed by atoms with Gasteiger partial charge in [-0.15, -0.1) is 0 Å². The smallest absolute Gasteiger partial charge is 0.251 e. The summed E-state index contributed by atoms with van der Waals surface area (Å²) in [6.07, 6.45) is 0.490. The predicted octanol–water partition coefficient (Wildman–Crippen LogP) is 0.420. The fourth-order valence-electron chi connectivity index (χ4n) is 2.38. The molecule has 0 spiro atoms. The highest BCUT2D eigenvalue weighted by molar-refractivity contribution is 5.94. The van der Waals surface area contributed by atoms with Crippen molar-refractivity contribution in [1.29, 1.82) is 5.26 Å². The van der Waals surface area contributed by atoms with E-state index >= 15 is 0 Å². The highest BCUT2D eigenvalue weighted by Crippen LogP contribution is 2.25. The first-order valence-electron chi connectivity index (χ1n) is 6.24. The van der Waals surface area contributed by atoms with Gasteiger partial charge in [-0.25, -0.2) is 0 Å². The van der Waals surface area contributed by atoms with Crippen LogP contribution in [0.1, 0.15) is 28.8 Å². The van der Waals surface area contributed by atoms with Gasteiger partial charge in [-0.1, -0.05) is 0 Å². The lowest BCUT2D eigenvalue weighted by Crippen LogP contribution is -2.33. The molecule has 0 aromatic heterocycles. The number of rotatable bonds is 3. The Balaban J connectivity index is 1.96. The quantitative estimate of drug-likeness (QED) is 0.734. The van der Waals surface area contributed by atoms with Crippen LogP contribution in [0.2, 0.25) is 0 Å². The zero-order valence-corrected chi connectivity index (χ0v) is 10.4. The lowest BCUT2D eigenvalue weighted by Gasteiger charge is -2.12. The van der Waals surface area contributed by atoms with Gasteiger partial charge in [0, 0.05) is 24.1 Å². The molecule has 1 aliphatic rings. The van der Waals surface area contributed by atoms with Crippen LogP contribution in [0, 0.1) is 17.2 Å². The average Bonchev–Trinajstić information content (AvgIpc) is 2.78. The van der Waals surface area contributed by atoms with Crippen LogP contribution in [0.3, 0.4) is 0 Å². The molecule has 5 nitrogen and oxygen atoms in total. The van der Waals surface area contributed by atoms with Gasteiger partial charge in [-0.05, 0) is 37.1 Å². The van der Waals surface area contributed by atoms with E-state index in [1.165, 1.54) is 0 Å². The van der Waals surface area contributed by atoms with Crippen molar-refractivity contribution in [1.82, 2.24) is 5.32 Å². The second-order valence-electron chi connectivity index (χ2n) is 4.84. The van der Waals surface area contributed by atoms with Crippen molar-refractivity contribution < 1.29 is 15.0 Å². The summed E-state index contributed by atoms with van der Waals surface area (Å²) in [4.78, 5) is 12.0. The minimum Gasteiger partial charge on any atom is -0.396 e. The maximum absolute atomic E-state index is 12.0. The SMILES string of the molecule is N#Cc1ccc(C(=O)N[C@H]2C[C@@H](CO)[C@H](O)C2)cc1. The van der Waals surface area contributed by atoms with Crippen LogP contribution < -0.4 is 5.32 Å². The number of nitrogens with zero attached hydrogens (tertiary/aromatic N) is 1. The number of carbonyl (C=O) groups excluding carboxylic acids is 1. The van der Waals surface area contributed by atoms with E-state index in [1.54, 1.807) is 24.3 Å². The summed E-state index contributed by atoms with van der Waals surface area (Å²) in [5, 5.41) is 30.2. The Morgan fingerprint density at radius 1 is 1.37 bits per heavy atom. The lowest BCUT2D eigenvalue weighted by molar-refractivity contribution is 0.0903. The maximum Gasteiger partial charge on any atom is 0.251 e. The van der Waals surface area contributed by atoms with Gasteiger partial charge in [0.1, 0.15) is 0 Å². The molecule has 0 heterocycles. The molecule has 1 saturated carbocycles. The first-order chi connectivity index (χ1) is 9.13. The van der Waals surface area contributed by atoms with Crippen LogP contribution in [0.5, 0.6) is 0 Å². The van der Waals surface area contributed by atoms with Crippen LogP contribution in [0.4, 0.5) is 0 Å². The fourth-order valence-corrected chi connectivity index (χ4v) is 2.38. The summed E-state index contributed by atoms with van der Waals surface area (Å²) in [5.74, 6) is -0.383. The summed E-state index contributed by atoms with van der Waals surface area (Å²) < 4.78 is 0. The van der Waals surface area contributed by atoms with Gasteiger partial charge in [0.15, 0.2) is 0 Å². The van der Waals surface area contributed by atoms with Crippen molar-refractivity contribution in [2.75, 3.05) is 6.61 Å². The Bertz CT molecular complexity index is 492. The lowest BCUT2D eigenvalue weighted by atomic mass is 10.1. The summed E-state index contributed by atoms with van der Waals surface area (Å²) in [5.41, 5.74) is 0.995. The Kier molecular flexibility index (Phi) is 4.15. The first-order valence-corrected chi connectivity index (χ1v) is 6.24. The molecule has 0 aliphatic heterocycles. The van der Waals surface area contributed by atoms with Gasteiger partial charge in [0.2, 0.25) is 0 Å². The second kappa shape index (κ2) is 5.83. The molecule has 0 saturated heterocycles. The van der Waals surface area contributed by atoms with Crippen LogP contribution in [-0.4, -0.2) is 34.9 Å². The third-order valence-corrected chi connectivity index (χ3v) is 3.50. The van der Waals surface area contributed by atoms with Gasteiger partial charge >= 0.3 is 0 Å². The monoisotopic (exact) mass is 260 g/mol. The van der Waals surface area contributed by atoms with Gasteiger partial charge < -0.3 is 15.5 Å². The van der Waals surface area contributed by atoms with E-state index in [0.717, 1.165) is 0 Å². The highest BCUT2D eigenvalue weighted by Gasteiger charge is 2.33. The van der Waals surface area contributed by atoms with E-state index in [1.807, 2.05) is 6.07 Å². The fraction of sp³-hybridized carbons (Fsp3) is 0.429. The Labute approximate surface area is 111 Å². The molecule has 0 bridgehead atoms. The molecule has 0 unspecified atom stereocenters. The Morgan fingerprint density at radius 2 is 2.05 bits per heavy atom. The molecule has 1 aromatic rings. The minimum atomic E-state index is -0.559. The Hall–Kier alpha value is -1.90. The van der Waals surface area contributed by atoms with Crippen molar-refractivity contribution >= 4 is 5.91 Å². The molecule has 2 rings (SSSR count). The second-order valence-corrected chi connectivity index (χ2v) is 4.84. The van der Waals surface area contributed by atoms with Crippen molar-refractivity contribution in [2.45, 2.75) is 25.0 Å². The molecule has 1 fully saturated rings. The number of nitrogens with one attached hydrogen (secondary N) is 1. The van der Waals surface area contributed by atoms with Crippen molar-refractivity contribution in [3.8, 4) is 6.07 Å². The summed E-state index contributed by atoms with van der Waals surface area (Å²) in [7, 11) is 0. The molecular formula is C14H16N2O3. The van der Waals surface area contributed by atoms with Gasteiger partial charge in [-0.2, -0.15) is 5.26 Å². The molecule has 100 valence electrons. The van der Waals surface area contributed by atoms with Crippen LogP contribution in [0.15, 0.2) is 24.3 Å². The highest BCUT2D eigenvalue weighted by atomic mass is 16.3. The third-order valence-electron chi connectivity index (χ3n) is 3.50. The first kappa shape index (κ1) is 13.5. The van der Waals surface area contributed by atoms with Crippen LogP contribution in [-0.2, 0) is 0 Å². The number of aliphatic hydroxyl groups is 2. The van der Waals surface area contributed by atoms with E-state index in [4.69, 9.17) is 10.4 Å². The average molecular weight is 260 g/mol. The number of benzene rings is 1. The minimum absolute atomic E-state index is 0.0651. The van der Waals surface area contributed by atoms with E-state index in [-0.39, 0.29) is 24.5 Å². The van der Waals surface area contributed by atoms with E-state index in [2.05, 4.69) is 5.32 Å². The van der Waals surface area contributed by atoms with Crippen LogP contribution in [0.25, 0.3) is 0 Å². The topological polar surface area (TPSA) is 93.4 Å². The molecule has 1 aliphatic carbocycles. The Morgan fingerprint density at radius 3 is 2.58 bits per heavy atom. The number of hydrogen-bond acceptors (Lipinski definition) is 4. The van der Waals surface area contributed by atoms with E-state index < -0.39 is 6.10 Å². The summed E-state index contributed by atoms with van der Waals surface area (Å²) in [6, 6.07) is 8.26. The van der Waals surface area contributed by atoms with Crippen molar-refractivity contribution in [3.05, 3.63) is 35.4 Å². The zero-order valence-electron chi connectivity index (χ0n) is 10.4. The standard InChI is InChI=1S/C14H16N2O3/c15-7-9-1-3-10(4-2-9)14(19)16-12-5-11(8-17)13(18)6-12/h1-4,11-13,17-18H,5-6,8H2,(H,16,19)/t11-,12-,13+/m0/s1. The molecule has 5 heteroatoms. The number of hydrogen-bond donors (Lipinski definition) is 3. The van der Waals surface area contributed by atoms with Crippen molar-refractivity contribution in [3.63, 3.8) is 0 Å². The molecule has 1 aromatic carbocycles. The van der Waals surface area contributed by atoms with Gasteiger partial charge in [0.25, 0.3) is 5.91 Å². The molecule has 3 atom stereocenters. The zero-order chi connectivity index (χ0) is 13.8. The molecule has 0 radical (unpaired) electrons. The van der Waals surface area contributed by atoms with Crippen molar-refractivity contribution in [2.24, 2.45) is 5.92 Å². The van der Waals surface area contributed by atoms with Crippen LogP contribution >= 0.6 is 0 Å². The molecule has 3 N–H and O–H groups in total. The number of carbonyl (C=O) groups is 1. The normalized spacial score (nSPS) is 25.8. The number of amides is 1. The van der Waals surface area contributed by atoms with E-state index in [9.17, 15) is 9.90 Å². The largest absolute Gasteiger partial charge is 0.396 e. The maximum atomic E-state index is 12.0. The summed E-state index contributed by atoms with van der Waals surface area (Å²) >= 11 is 0.